The molecule has 0 saturated carbocycles. The van der Waals surface area contributed by atoms with Crippen molar-refractivity contribution in [2.45, 2.75) is 0 Å². The monoisotopic (exact) mass is 161 g/mol. The summed E-state index contributed by atoms with van der Waals surface area (Å²) in [5.41, 5.74) is 0. The van der Waals surface area contributed by atoms with E-state index in [1.54, 1.807) is 26.4 Å². The van der Waals surface area contributed by atoms with Crippen LogP contribution in [0.1, 0.15) is 0 Å². The van der Waals surface area contributed by atoms with Crippen LogP contribution < -0.4 is 5.32 Å². The summed E-state index contributed by atoms with van der Waals surface area (Å²) in [7, 11) is 3.44. The highest BCUT2D eigenvalue weighted by atomic mass is 35.5. The molecule has 58 valence electrons. The number of rotatable bonds is 4. The van der Waals surface area contributed by atoms with Crippen molar-refractivity contribution in [1.82, 2.24) is 5.32 Å². The Kier molecular flexibility index (Phi) is 6.33. The fourth-order valence-electron chi connectivity index (χ4n) is 0.443. The van der Waals surface area contributed by atoms with Crippen LogP contribution in [0.2, 0.25) is 0 Å². The van der Waals surface area contributed by atoms with Crippen molar-refractivity contribution >= 4 is 11.6 Å². The zero-order valence-corrected chi connectivity index (χ0v) is 6.98. The minimum absolute atomic E-state index is 0.591. The van der Waals surface area contributed by atoms with Crippen LogP contribution in [0.4, 0.5) is 0 Å². The van der Waals surface area contributed by atoms with Crippen molar-refractivity contribution in [1.29, 1.82) is 0 Å². The molecule has 3 heteroatoms. The summed E-state index contributed by atoms with van der Waals surface area (Å²) in [6.45, 7) is 0.591. The summed E-state index contributed by atoms with van der Waals surface area (Å²) in [6.07, 6.45) is 5.32. The topological polar surface area (TPSA) is 21.3 Å². The fourth-order valence-corrected chi connectivity index (χ4v) is 0.641. The Hall–Kier alpha value is -0.470. The third kappa shape index (κ3) is 5.66. The van der Waals surface area contributed by atoms with E-state index in [9.17, 15) is 0 Å². The first kappa shape index (κ1) is 9.53. The van der Waals surface area contributed by atoms with Gasteiger partial charge in [0.2, 0.25) is 0 Å². The van der Waals surface area contributed by atoms with Gasteiger partial charge in [0.1, 0.15) is 0 Å². The first-order valence-corrected chi connectivity index (χ1v) is 3.37. The second kappa shape index (κ2) is 6.65. The SMILES string of the molecule is CN/C=C(Cl)\C=C/COC. The predicted octanol–water partition coefficient (Wildman–Crippen LogP) is 1.49. The average molecular weight is 162 g/mol. The number of hydrogen-bond acceptors (Lipinski definition) is 2. The molecule has 2 nitrogen and oxygen atoms in total. The number of allylic oxidation sites excluding steroid dienone is 2. The highest BCUT2D eigenvalue weighted by Gasteiger charge is 1.80. The first-order chi connectivity index (χ1) is 4.81. The normalized spacial score (nSPS) is 12.5. The van der Waals surface area contributed by atoms with Gasteiger partial charge in [0.25, 0.3) is 0 Å². The lowest BCUT2D eigenvalue weighted by Gasteiger charge is -1.89. The van der Waals surface area contributed by atoms with Gasteiger partial charge in [0.05, 0.1) is 11.6 Å². The number of halogens is 1. The smallest absolute Gasteiger partial charge is 0.0647 e. The molecule has 10 heavy (non-hydrogen) atoms. The van der Waals surface area contributed by atoms with Crippen molar-refractivity contribution in [2.75, 3.05) is 20.8 Å². The quantitative estimate of drug-likeness (QED) is 0.631. The summed E-state index contributed by atoms with van der Waals surface area (Å²) in [5, 5.41) is 3.47. The molecule has 0 radical (unpaired) electrons. The molecule has 0 atom stereocenters. The predicted molar refractivity (Wildman–Crippen MR) is 44.0 cm³/mol. The summed E-state index contributed by atoms with van der Waals surface area (Å²) >= 11 is 5.67. The van der Waals surface area contributed by atoms with E-state index >= 15 is 0 Å². The number of methoxy groups -OCH3 is 1. The van der Waals surface area contributed by atoms with Crippen molar-refractivity contribution in [3.05, 3.63) is 23.4 Å². The molecule has 0 rings (SSSR count). The lowest BCUT2D eigenvalue weighted by atomic mass is 10.5. The first-order valence-electron chi connectivity index (χ1n) is 2.99. The van der Waals surface area contributed by atoms with Gasteiger partial charge >= 0.3 is 0 Å². The molecule has 0 spiro atoms. The fraction of sp³-hybridized carbons (Fsp3) is 0.429. The lowest BCUT2D eigenvalue weighted by Crippen LogP contribution is -1.92. The van der Waals surface area contributed by atoms with E-state index < -0.39 is 0 Å². The maximum Gasteiger partial charge on any atom is 0.0647 e. The Bertz CT molecular complexity index is 132. The number of nitrogens with one attached hydrogen (secondary N) is 1. The minimum atomic E-state index is 0.591. The zero-order chi connectivity index (χ0) is 7.82. The second-order valence-corrected chi connectivity index (χ2v) is 2.11. The van der Waals surface area contributed by atoms with E-state index in [0.717, 1.165) is 0 Å². The molecule has 0 aromatic rings. The average Bonchev–Trinajstić information content (AvgIpc) is 1.89. The molecule has 0 heterocycles. The van der Waals surface area contributed by atoms with Crippen molar-refractivity contribution in [3.63, 3.8) is 0 Å². The molecule has 0 fully saturated rings. The molecule has 0 aromatic heterocycles. The number of ether oxygens (including phenoxy) is 1. The van der Waals surface area contributed by atoms with Gasteiger partial charge in [-0.25, -0.2) is 0 Å². The van der Waals surface area contributed by atoms with Crippen molar-refractivity contribution in [3.8, 4) is 0 Å². The molecule has 0 aliphatic heterocycles. The highest BCUT2D eigenvalue weighted by molar-refractivity contribution is 6.31. The van der Waals surface area contributed by atoms with E-state index in [-0.39, 0.29) is 0 Å². The van der Waals surface area contributed by atoms with Gasteiger partial charge in [-0.15, -0.1) is 0 Å². The molecular weight excluding hydrogens is 150 g/mol. The molecule has 0 saturated heterocycles. The lowest BCUT2D eigenvalue weighted by molar-refractivity contribution is 0.234. The molecule has 0 amide bonds. The van der Waals surface area contributed by atoms with E-state index in [4.69, 9.17) is 16.3 Å². The van der Waals surface area contributed by atoms with Gasteiger partial charge in [-0.05, 0) is 6.08 Å². The minimum Gasteiger partial charge on any atom is -0.393 e. The molecule has 0 aliphatic carbocycles. The van der Waals surface area contributed by atoms with E-state index in [1.165, 1.54) is 0 Å². The van der Waals surface area contributed by atoms with Crippen LogP contribution in [0, 0.1) is 0 Å². The standard InChI is InChI=1S/C7H12ClNO/c1-9-6-7(8)4-3-5-10-2/h3-4,6,9H,5H2,1-2H3/b4-3-,7-6+. The van der Waals surface area contributed by atoms with Crippen molar-refractivity contribution < 1.29 is 4.74 Å². The summed E-state index contributed by atoms with van der Waals surface area (Å²) in [5.74, 6) is 0. The largest absolute Gasteiger partial charge is 0.393 e. The van der Waals surface area contributed by atoms with Crippen LogP contribution in [0.25, 0.3) is 0 Å². The molecule has 0 aliphatic rings. The highest BCUT2D eigenvalue weighted by Crippen LogP contribution is 1.99. The second-order valence-electron chi connectivity index (χ2n) is 1.68. The van der Waals surface area contributed by atoms with Crippen LogP contribution in [-0.4, -0.2) is 20.8 Å². The summed E-state index contributed by atoms with van der Waals surface area (Å²) in [6, 6.07) is 0. The third-order valence-corrected chi connectivity index (χ3v) is 1.06. The van der Waals surface area contributed by atoms with Crippen LogP contribution in [-0.2, 0) is 4.74 Å². The van der Waals surface area contributed by atoms with E-state index in [1.807, 2.05) is 6.08 Å². The Morgan fingerprint density at radius 2 is 2.40 bits per heavy atom. The Labute approximate surface area is 66.5 Å². The van der Waals surface area contributed by atoms with Crippen LogP contribution >= 0.6 is 11.6 Å². The number of hydrogen-bond donors (Lipinski definition) is 1. The maximum absolute atomic E-state index is 5.67. The molecule has 1 N–H and O–H groups in total. The van der Waals surface area contributed by atoms with Gasteiger partial charge in [0.15, 0.2) is 0 Å². The van der Waals surface area contributed by atoms with Gasteiger partial charge in [-0.1, -0.05) is 17.7 Å². The molecular formula is C7H12ClNO. The molecule has 0 aromatic carbocycles. The van der Waals surface area contributed by atoms with Crippen LogP contribution in [0.3, 0.4) is 0 Å². The Morgan fingerprint density at radius 3 is 2.90 bits per heavy atom. The summed E-state index contributed by atoms with van der Waals surface area (Å²) < 4.78 is 4.78. The van der Waals surface area contributed by atoms with Gasteiger partial charge in [-0.3, -0.25) is 0 Å². The van der Waals surface area contributed by atoms with E-state index in [0.29, 0.717) is 11.6 Å². The van der Waals surface area contributed by atoms with E-state index in [2.05, 4.69) is 5.32 Å². The van der Waals surface area contributed by atoms with Crippen LogP contribution in [0.5, 0.6) is 0 Å². The maximum atomic E-state index is 5.67. The van der Waals surface area contributed by atoms with Crippen molar-refractivity contribution in [2.24, 2.45) is 0 Å². The van der Waals surface area contributed by atoms with Gasteiger partial charge in [-0.2, -0.15) is 0 Å². The Morgan fingerprint density at radius 1 is 1.70 bits per heavy atom. The van der Waals surface area contributed by atoms with Gasteiger partial charge in [0, 0.05) is 20.4 Å². The Balaban J connectivity index is 3.55. The zero-order valence-electron chi connectivity index (χ0n) is 6.23. The van der Waals surface area contributed by atoms with Gasteiger partial charge < -0.3 is 10.1 Å². The molecule has 0 bridgehead atoms. The summed E-state index contributed by atoms with van der Waals surface area (Å²) in [4.78, 5) is 0. The third-order valence-electron chi connectivity index (χ3n) is 0.822. The van der Waals surface area contributed by atoms with Crippen LogP contribution in [0.15, 0.2) is 23.4 Å². The molecule has 0 unspecified atom stereocenters.